The summed E-state index contributed by atoms with van der Waals surface area (Å²) in [4.78, 5) is 27.4. The molecule has 0 aliphatic heterocycles. The molecule has 0 saturated heterocycles. The number of rotatable bonds is 3. The van der Waals surface area contributed by atoms with Gasteiger partial charge in [0.1, 0.15) is 0 Å². The fourth-order valence-corrected chi connectivity index (χ4v) is 2.71. The monoisotopic (exact) mass is 310 g/mol. The second-order valence-electron chi connectivity index (χ2n) is 4.72. The molecule has 0 atom stereocenters. The molecule has 0 spiro atoms. The Labute approximate surface area is 131 Å². The number of benzene rings is 2. The van der Waals surface area contributed by atoms with Gasteiger partial charge in [-0.2, -0.15) is 0 Å². The molecule has 1 aromatic heterocycles. The van der Waals surface area contributed by atoms with Gasteiger partial charge in [-0.1, -0.05) is 30.3 Å². The van der Waals surface area contributed by atoms with Gasteiger partial charge in [-0.15, -0.1) is 11.8 Å². The lowest BCUT2D eigenvalue weighted by atomic mass is 10.1. The Morgan fingerprint density at radius 3 is 2.27 bits per heavy atom. The van der Waals surface area contributed by atoms with Crippen molar-refractivity contribution in [3.63, 3.8) is 0 Å². The molecule has 5 heteroatoms. The summed E-state index contributed by atoms with van der Waals surface area (Å²) in [5.74, 6) is 0. The van der Waals surface area contributed by atoms with E-state index < -0.39 is 11.2 Å². The highest BCUT2D eigenvalue weighted by atomic mass is 32.2. The quantitative estimate of drug-likeness (QED) is 0.757. The predicted octanol–water partition coefficient (Wildman–Crippen LogP) is 2.91. The molecule has 1 heterocycles. The Balaban J connectivity index is 2.26. The van der Waals surface area contributed by atoms with Crippen LogP contribution in [-0.2, 0) is 0 Å². The summed E-state index contributed by atoms with van der Waals surface area (Å²) in [6.07, 6.45) is 2.00. The van der Waals surface area contributed by atoms with Gasteiger partial charge in [0.05, 0.1) is 11.4 Å². The Bertz CT molecular complexity index is 896. The van der Waals surface area contributed by atoms with E-state index in [4.69, 9.17) is 0 Å². The Morgan fingerprint density at radius 1 is 0.955 bits per heavy atom. The Morgan fingerprint density at radius 2 is 1.64 bits per heavy atom. The molecular weight excluding hydrogens is 296 g/mol. The first kappa shape index (κ1) is 14.4. The summed E-state index contributed by atoms with van der Waals surface area (Å²) < 4.78 is 1.51. The normalized spacial score (nSPS) is 10.6. The van der Waals surface area contributed by atoms with Crippen LogP contribution in [0.3, 0.4) is 0 Å². The van der Waals surface area contributed by atoms with E-state index in [1.807, 2.05) is 60.9 Å². The van der Waals surface area contributed by atoms with Crippen LogP contribution in [0.1, 0.15) is 0 Å². The van der Waals surface area contributed by atoms with Crippen molar-refractivity contribution in [3.05, 3.63) is 81.5 Å². The number of aromatic amines is 1. The zero-order chi connectivity index (χ0) is 15.5. The average molecular weight is 310 g/mol. The number of thioether (sulfide) groups is 1. The molecular formula is C17H14N2O2S. The summed E-state index contributed by atoms with van der Waals surface area (Å²) in [5.41, 5.74) is 1.27. The molecule has 22 heavy (non-hydrogen) atoms. The van der Waals surface area contributed by atoms with Gasteiger partial charge in [0, 0.05) is 11.0 Å². The lowest BCUT2D eigenvalue weighted by Gasteiger charge is -2.12. The molecule has 4 nitrogen and oxygen atoms in total. The van der Waals surface area contributed by atoms with Crippen molar-refractivity contribution < 1.29 is 0 Å². The van der Waals surface area contributed by atoms with E-state index in [0.717, 1.165) is 10.5 Å². The molecule has 3 aromatic rings. The zero-order valence-electron chi connectivity index (χ0n) is 11.9. The smallest absolute Gasteiger partial charge is 0.274 e. The van der Waals surface area contributed by atoms with Gasteiger partial charge in [0.2, 0.25) is 0 Å². The summed E-state index contributed by atoms with van der Waals surface area (Å²) in [6.45, 7) is 0. The summed E-state index contributed by atoms with van der Waals surface area (Å²) in [6, 6.07) is 18.5. The molecule has 0 aliphatic carbocycles. The lowest BCUT2D eigenvalue weighted by Crippen LogP contribution is -2.29. The first-order chi connectivity index (χ1) is 10.7. The zero-order valence-corrected chi connectivity index (χ0v) is 12.8. The van der Waals surface area contributed by atoms with Crippen LogP contribution in [0.5, 0.6) is 0 Å². The van der Waals surface area contributed by atoms with Crippen molar-refractivity contribution in [2.24, 2.45) is 0 Å². The van der Waals surface area contributed by atoms with Gasteiger partial charge >= 0.3 is 5.69 Å². The van der Waals surface area contributed by atoms with Gasteiger partial charge < -0.3 is 0 Å². The van der Waals surface area contributed by atoms with Gasteiger partial charge in [0.25, 0.3) is 5.56 Å². The van der Waals surface area contributed by atoms with Crippen LogP contribution in [-0.4, -0.2) is 15.8 Å². The summed E-state index contributed by atoms with van der Waals surface area (Å²) in [5, 5.41) is 0. The van der Waals surface area contributed by atoms with Crippen LogP contribution >= 0.6 is 11.8 Å². The third-order valence-electron chi connectivity index (χ3n) is 3.34. The molecule has 1 N–H and O–H groups in total. The molecule has 0 radical (unpaired) electrons. The van der Waals surface area contributed by atoms with E-state index in [1.54, 1.807) is 11.8 Å². The maximum atomic E-state index is 12.3. The van der Waals surface area contributed by atoms with Crippen LogP contribution in [0.25, 0.3) is 16.9 Å². The number of hydrogen-bond acceptors (Lipinski definition) is 3. The number of H-pyrrole nitrogens is 1. The van der Waals surface area contributed by atoms with E-state index in [9.17, 15) is 9.59 Å². The largest absolute Gasteiger partial charge is 0.333 e. The first-order valence-corrected chi connectivity index (χ1v) is 7.98. The molecule has 0 saturated carbocycles. The minimum Gasteiger partial charge on any atom is -0.274 e. The Hall–Kier alpha value is -2.53. The van der Waals surface area contributed by atoms with Crippen molar-refractivity contribution in [3.8, 4) is 16.9 Å². The number of nitrogens with one attached hydrogen (secondary N) is 1. The van der Waals surface area contributed by atoms with Crippen molar-refractivity contribution in [2.75, 3.05) is 6.26 Å². The summed E-state index contributed by atoms with van der Waals surface area (Å²) in [7, 11) is 0. The van der Waals surface area contributed by atoms with Crippen LogP contribution < -0.4 is 11.2 Å². The first-order valence-electron chi connectivity index (χ1n) is 6.75. The van der Waals surface area contributed by atoms with Gasteiger partial charge in [0.15, 0.2) is 0 Å². The van der Waals surface area contributed by atoms with E-state index in [1.165, 1.54) is 10.6 Å². The third kappa shape index (κ3) is 2.76. The molecule has 110 valence electrons. The Kier molecular flexibility index (Phi) is 3.98. The van der Waals surface area contributed by atoms with E-state index in [-0.39, 0.29) is 0 Å². The van der Waals surface area contributed by atoms with Crippen LogP contribution in [0, 0.1) is 0 Å². The number of para-hydroxylation sites is 1. The van der Waals surface area contributed by atoms with Gasteiger partial charge in [-0.05, 0) is 36.1 Å². The molecule has 0 bridgehead atoms. The predicted molar refractivity (Wildman–Crippen MR) is 89.9 cm³/mol. The second-order valence-corrected chi connectivity index (χ2v) is 5.60. The highest BCUT2D eigenvalue weighted by Gasteiger charge is 2.10. The van der Waals surface area contributed by atoms with Crippen LogP contribution in [0.15, 0.2) is 75.1 Å². The third-order valence-corrected chi connectivity index (χ3v) is 4.09. The van der Waals surface area contributed by atoms with Crippen molar-refractivity contribution in [1.29, 1.82) is 0 Å². The topological polar surface area (TPSA) is 54.9 Å². The molecule has 0 fully saturated rings. The van der Waals surface area contributed by atoms with Crippen molar-refractivity contribution >= 4 is 11.8 Å². The summed E-state index contributed by atoms with van der Waals surface area (Å²) >= 11 is 1.64. The van der Waals surface area contributed by atoms with E-state index >= 15 is 0 Å². The fourth-order valence-electron chi connectivity index (χ4n) is 2.30. The molecule has 0 amide bonds. The number of nitrogens with zero attached hydrogens (tertiary/aromatic N) is 1. The molecule has 3 rings (SSSR count). The number of aromatic nitrogens is 2. The highest BCUT2D eigenvalue weighted by Crippen LogP contribution is 2.23. The maximum absolute atomic E-state index is 12.3. The molecule has 0 unspecified atom stereocenters. The number of hydrogen-bond donors (Lipinski definition) is 1. The van der Waals surface area contributed by atoms with Crippen LogP contribution in [0.4, 0.5) is 0 Å². The standard InChI is InChI=1S/C17H14N2O2S/c1-22-14-9-7-12(8-10-14)15-11-16(20)18-17(21)19(15)13-5-3-2-4-6-13/h2-11H,1H3,(H,18,20,21). The van der Waals surface area contributed by atoms with E-state index in [0.29, 0.717) is 11.4 Å². The fraction of sp³-hybridized carbons (Fsp3) is 0.0588. The lowest BCUT2D eigenvalue weighted by molar-refractivity contribution is 0.905. The SMILES string of the molecule is CSc1ccc(-c2cc(=O)[nH]c(=O)n2-c2ccccc2)cc1. The van der Waals surface area contributed by atoms with Crippen molar-refractivity contribution in [2.45, 2.75) is 4.90 Å². The average Bonchev–Trinajstić information content (AvgIpc) is 2.55. The highest BCUT2D eigenvalue weighted by molar-refractivity contribution is 7.98. The van der Waals surface area contributed by atoms with Crippen molar-refractivity contribution in [1.82, 2.24) is 9.55 Å². The second kappa shape index (κ2) is 6.07. The molecule has 2 aromatic carbocycles. The van der Waals surface area contributed by atoms with E-state index in [2.05, 4.69) is 4.98 Å². The van der Waals surface area contributed by atoms with Crippen LogP contribution in [0.2, 0.25) is 0 Å². The van der Waals surface area contributed by atoms with Gasteiger partial charge in [-0.25, -0.2) is 4.79 Å². The van der Waals surface area contributed by atoms with Gasteiger partial charge in [-0.3, -0.25) is 14.3 Å². The minimum absolute atomic E-state index is 0.402. The maximum Gasteiger partial charge on any atom is 0.333 e. The molecule has 0 aliphatic rings. The minimum atomic E-state index is -0.442.